The largest absolute Gasteiger partial charge is 0.508 e. The van der Waals surface area contributed by atoms with E-state index in [9.17, 15) is 9.90 Å². The normalized spacial score (nSPS) is 21.2. The molecule has 0 spiro atoms. The fraction of sp³-hybridized carbons (Fsp3) is 0.235. The number of hydrogen-bond donors (Lipinski definition) is 1. The van der Waals surface area contributed by atoms with Crippen molar-refractivity contribution < 1.29 is 14.6 Å². The van der Waals surface area contributed by atoms with E-state index in [1.165, 1.54) is 0 Å². The molecule has 3 rings (SSSR count). The second-order valence-corrected chi connectivity index (χ2v) is 6.62. The van der Waals surface area contributed by atoms with E-state index < -0.39 is 4.87 Å². The van der Waals surface area contributed by atoms with Crippen LogP contribution in [0, 0.1) is 0 Å². The Labute approximate surface area is 133 Å². The van der Waals surface area contributed by atoms with E-state index in [1.807, 2.05) is 48.2 Å². The summed E-state index contributed by atoms with van der Waals surface area (Å²) < 4.78 is 5.17. The van der Waals surface area contributed by atoms with Gasteiger partial charge in [-0.25, -0.2) is 0 Å². The van der Waals surface area contributed by atoms with Crippen LogP contribution in [0.5, 0.6) is 11.5 Å². The smallest absolute Gasteiger partial charge is 0.238 e. The quantitative estimate of drug-likeness (QED) is 0.943. The van der Waals surface area contributed by atoms with Crippen LogP contribution in [0.2, 0.25) is 0 Å². The molecular formula is C17H17NO3S. The predicted molar refractivity (Wildman–Crippen MR) is 88.4 cm³/mol. The molecule has 22 heavy (non-hydrogen) atoms. The zero-order valence-electron chi connectivity index (χ0n) is 12.4. The lowest BCUT2D eigenvalue weighted by Gasteiger charge is -2.34. The van der Waals surface area contributed by atoms with Crippen LogP contribution in [0.3, 0.4) is 0 Å². The van der Waals surface area contributed by atoms with Crippen LogP contribution in [0.4, 0.5) is 5.69 Å². The number of nitrogens with zero attached hydrogens (tertiary/aromatic N) is 1. The maximum atomic E-state index is 12.4. The van der Waals surface area contributed by atoms with Crippen molar-refractivity contribution in [1.82, 2.24) is 0 Å². The molecule has 0 bridgehead atoms. The number of carbonyl (C=O) groups is 1. The molecule has 5 heteroatoms. The average Bonchev–Trinajstić information content (AvgIpc) is 2.84. The van der Waals surface area contributed by atoms with Crippen LogP contribution in [0.1, 0.15) is 12.5 Å². The summed E-state index contributed by atoms with van der Waals surface area (Å²) in [6.07, 6.45) is 0. The molecule has 1 fully saturated rings. The third-order valence-electron chi connectivity index (χ3n) is 3.89. The SMILES string of the molecule is COc1ccc(N2C(=O)CSC2(C)c2ccc(O)cc2)cc1. The lowest BCUT2D eigenvalue weighted by Crippen LogP contribution is -2.40. The number of thioether (sulfide) groups is 1. The number of phenolic OH excluding ortho intramolecular Hbond substituents is 1. The van der Waals surface area contributed by atoms with Gasteiger partial charge in [0.2, 0.25) is 5.91 Å². The van der Waals surface area contributed by atoms with E-state index in [-0.39, 0.29) is 11.7 Å². The van der Waals surface area contributed by atoms with Crippen LogP contribution in [-0.4, -0.2) is 23.9 Å². The molecule has 0 aromatic heterocycles. The first-order valence-electron chi connectivity index (χ1n) is 6.95. The molecule has 1 saturated heterocycles. The summed E-state index contributed by atoms with van der Waals surface area (Å²) in [6.45, 7) is 2.03. The van der Waals surface area contributed by atoms with Crippen molar-refractivity contribution >= 4 is 23.4 Å². The van der Waals surface area contributed by atoms with Gasteiger partial charge < -0.3 is 9.84 Å². The van der Waals surface area contributed by atoms with Crippen molar-refractivity contribution in [3.05, 3.63) is 54.1 Å². The molecule has 1 atom stereocenters. The summed E-state index contributed by atoms with van der Waals surface area (Å²) in [7, 11) is 1.62. The molecule has 1 heterocycles. The fourth-order valence-corrected chi connectivity index (χ4v) is 3.85. The molecule has 1 amide bonds. The lowest BCUT2D eigenvalue weighted by atomic mass is 10.0. The van der Waals surface area contributed by atoms with E-state index in [4.69, 9.17) is 4.74 Å². The maximum Gasteiger partial charge on any atom is 0.238 e. The van der Waals surface area contributed by atoms with Gasteiger partial charge in [0.25, 0.3) is 0 Å². The second-order valence-electron chi connectivity index (χ2n) is 5.25. The van der Waals surface area contributed by atoms with E-state index in [0.29, 0.717) is 5.75 Å². The molecule has 1 aliphatic rings. The number of aromatic hydroxyl groups is 1. The van der Waals surface area contributed by atoms with Gasteiger partial charge in [-0.15, -0.1) is 11.8 Å². The van der Waals surface area contributed by atoms with Crippen LogP contribution in [-0.2, 0) is 9.67 Å². The summed E-state index contributed by atoms with van der Waals surface area (Å²) in [6, 6.07) is 14.5. The van der Waals surface area contributed by atoms with Crippen LogP contribution >= 0.6 is 11.8 Å². The number of methoxy groups -OCH3 is 1. The third kappa shape index (κ3) is 2.41. The van der Waals surface area contributed by atoms with Crippen molar-refractivity contribution in [2.24, 2.45) is 0 Å². The van der Waals surface area contributed by atoms with Crippen molar-refractivity contribution in [2.75, 3.05) is 17.8 Å². The molecule has 1 unspecified atom stereocenters. The Morgan fingerprint density at radius 3 is 2.36 bits per heavy atom. The van der Waals surface area contributed by atoms with Gasteiger partial charge in [0, 0.05) is 5.69 Å². The number of ether oxygens (including phenoxy) is 1. The highest BCUT2D eigenvalue weighted by Crippen LogP contribution is 2.47. The molecule has 2 aromatic carbocycles. The minimum absolute atomic E-state index is 0.0748. The first kappa shape index (κ1) is 14.8. The van der Waals surface area contributed by atoms with Gasteiger partial charge in [-0.3, -0.25) is 9.69 Å². The zero-order valence-corrected chi connectivity index (χ0v) is 13.3. The van der Waals surface area contributed by atoms with E-state index in [2.05, 4.69) is 0 Å². The van der Waals surface area contributed by atoms with Gasteiger partial charge in [0.15, 0.2) is 0 Å². The van der Waals surface area contributed by atoms with Crippen LogP contribution in [0.15, 0.2) is 48.5 Å². The van der Waals surface area contributed by atoms with Crippen molar-refractivity contribution in [1.29, 1.82) is 0 Å². The average molecular weight is 315 g/mol. The van der Waals surface area contributed by atoms with Gasteiger partial charge >= 0.3 is 0 Å². The van der Waals surface area contributed by atoms with Gasteiger partial charge in [0.05, 0.1) is 12.9 Å². The highest BCUT2D eigenvalue weighted by Gasteiger charge is 2.44. The molecule has 0 radical (unpaired) electrons. The standard InChI is InChI=1S/C17H17NO3S/c1-17(12-3-7-14(19)8-4-12)18(16(20)11-22-17)13-5-9-15(21-2)10-6-13/h3-10,19H,11H2,1-2H3. The molecule has 4 nitrogen and oxygen atoms in total. The first-order valence-corrected chi connectivity index (χ1v) is 7.94. The van der Waals surface area contributed by atoms with Gasteiger partial charge in [-0.05, 0) is 48.9 Å². The molecule has 114 valence electrons. The summed E-state index contributed by atoms with van der Waals surface area (Å²) in [4.78, 5) is 13.7. The van der Waals surface area contributed by atoms with E-state index in [1.54, 1.807) is 31.0 Å². The lowest BCUT2D eigenvalue weighted by molar-refractivity contribution is -0.116. The Balaban J connectivity index is 2.02. The summed E-state index contributed by atoms with van der Waals surface area (Å²) in [5.74, 6) is 1.49. The van der Waals surface area contributed by atoms with Gasteiger partial charge in [-0.1, -0.05) is 12.1 Å². The summed E-state index contributed by atoms with van der Waals surface area (Å²) in [5, 5.41) is 9.47. The minimum Gasteiger partial charge on any atom is -0.508 e. The number of hydrogen-bond acceptors (Lipinski definition) is 4. The van der Waals surface area contributed by atoms with Crippen LogP contribution < -0.4 is 9.64 Å². The zero-order chi connectivity index (χ0) is 15.7. The monoisotopic (exact) mass is 315 g/mol. The summed E-state index contributed by atoms with van der Waals surface area (Å²) in [5.41, 5.74) is 1.82. The Kier molecular flexibility index (Phi) is 3.74. The predicted octanol–water partition coefficient (Wildman–Crippen LogP) is 3.35. The number of anilines is 1. The Bertz CT molecular complexity index is 684. The topological polar surface area (TPSA) is 49.8 Å². The number of amides is 1. The second kappa shape index (κ2) is 5.57. The highest BCUT2D eigenvalue weighted by molar-refractivity contribution is 8.01. The molecule has 1 aliphatic heterocycles. The first-order chi connectivity index (χ1) is 10.5. The van der Waals surface area contributed by atoms with Crippen LogP contribution in [0.25, 0.3) is 0 Å². The van der Waals surface area contributed by atoms with E-state index in [0.717, 1.165) is 17.0 Å². The minimum atomic E-state index is -0.487. The number of carbonyl (C=O) groups excluding carboxylic acids is 1. The Morgan fingerprint density at radius 1 is 1.14 bits per heavy atom. The van der Waals surface area contributed by atoms with Crippen molar-refractivity contribution in [3.8, 4) is 11.5 Å². The Morgan fingerprint density at radius 2 is 1.77 bits per heavy atom. The molecular weight excluding hydrogens is 298 g/mol. The third-order valence-corrected chi connectivity index (χ3v) is 5.26. The molecule has 2 aromatic rings. The summed E-state index contributed by atoms with van der Waals surface area (Å²) >= 11 is 1.59. The number of benzene rings is 2. The van der Waals surface area contributed by atoms with Crippen molar-refractivity contribution in [3.63, 3.8) is 0 Å². The van der Waals surface area contributed by atoms with Crippen molar-refractivity contribution in [2.45, 2.75) is 11.8 Å². The fourth-order valence-electron chi connectivity index (χ4n) is 2.67. The maximum absolute atomic E-state index is 12.4. The molecule has 1 N–H and O–H groups in total. The van der Waals surface area contributed by atoms with Gasteiger partial charge in [-0.2, -0.15) is 0 Å². The van der Waals surface area contributed by atoms with E-state index >= 15 is 0 Å². The molecule has 0 aliphatic carbocycles. The highest BCUT2D eigenvalue weighted by atomic mass is 32.2. The number of rotatable bonds is 3. The Hall–Kier alpha value is -2.14. The van der Waals surface area contributed by atoms with Gasteiger partial charge in [0.1, 0.15) is 16.4 Å². The molecule has 0 saturated carbocycles. The number of phenols is 1.